The zero-order valence-electron chi connectivity index (χ0n) is 14.0. The van der Waals surface area contributed by atoms with Crippen LogP contribution in [0.1, 0.15) is 27.0 Å². The van der Waals surface area contributed by atoms with Crippen molar-refractivity contribution >= 4 is 27.5 Å². The third-order valence-electron chi connectivity index (χ3n) is 3.83. The number of aromatic nitrogens is 1. The van der Waals surface area contributed by atoms with Crippen molar-refractivity contribution in [2.45, 2.75) is 27.3 Å². The molecule has 4 heteroatoms. The van der Waals surface area contributed by atoms with Crippen LogP contribution in [-0.2, 0) is 6.54 Å². The maximum Gasteiger partial charge on any atom is 0.279 e. The van der Waals surface area contributed by atoms with E-state index in [0.29, 0.717) is 16.9 Å². The van der Waals surface area contributed by atoms with Crippen molar-refractivity contribution in [3.05, 3.63) is 63.5 Å². The minimum atomic E-state index is -0.245. The summed E-state index contributed by atoms with van der Waals surface area (Å²) < 4.78 is 3.06. The molecule has 0 spiro atoms. The molecule has 120 valence electrons. The molecule has 3 rings (SSSR count). The molecule has 0 radical (unpaired) electrons. The first-order valence-corrected chi connectivity index (χ1v) is 8.51. The Morgan fingerprint density at radius 2 is 2.00 bits per heavy atom. The Bertz CT molecular complexity index is 1050. The lowest BCUT2D eigenvalue weighted by atomic mass is 10.1. The SMILES string of the molecule is C#CCn1c(=NC(=O)c2cccc(C)c2)sc2c(C)cc(C)cc21. The standard InChI is InChI=1S/C20H18N2OS/c1-5-9-22-17-12-14(3)10-15(4)18(17)24-20(22)21-19(23)16-8-6-7-13(2)11-16/h1,6-8,10-12H,9H2,2-4H3. The third-order valence-corrected chi connectivity index (χ3v) is 5.06. The van der Waals surface area contributed by atoms with E-state index in [4.69, 9.17) is 6.42 Å². The maximum atomic E-state index is 12.5. The van der Waals surface area contributed by atoms with Gasteiger partial charge in [0.1, 0.15) is 0 Å². The lowest BCUT2D eigenvalue weighted by Crippen LogP contribution is -2.16. The molecule has 0 aliphatic carbocycles. The zero-order chi connectivity index (χ0) is 17.3. The van der Waals surface area contributed by atoms with Crippen LogP contribution in [0, 0.1) is 33.1 Å². The van der Waals surface area contributed by atoms with E-state index in [-0.39, 0.29) is 5.91 Å². The van der Waals surface area contributed by atoms with Crippen molar-refractivity contribution in [3.8, 4) is 12.3 Å². The Morgan fingerprint density at radius 3 is 2.71 bits per heavy atom. The summed E-state index contributed by atoms with van der Waals surface area (Å²) in [7, 11) is 0. The number of nitrogens with zero attached hydrogens (tertiary/aromatic N) is 2. The molecule has 1 aromatic heterocycles. The summed E-state index contributed by atoms with van der Waals surface area (Å²) in [5, 5.41) is 0. The molecule has 0 fully saturated rings. The van der Waals surface area contributed by atoms with Gasteiger partial charge in [0, 0.05) is 5.56 Å². The number of rotatable bonds is 2. The molecule has 0 atom stereocenters. The van der Waals surface area contributed by atoms with Crippen LogP contribution in [-0.4, -0.2) is 10.5 Å². The van der Waals surface area contributed by atoms with Crippen LogP contribution in [0.15, 0.2) is 41.4 Å². The van der Waals surface area contributed by atoms with Crippen molar-refractivity contribution < 1.29 is 4.79 Å². The molecule has 1 amide bonds. The first kappa shape index (κ1) is 16.2. The van der Waals surface area contributed by atoms with E-state index in [9.17, 15) is 4.79 Å². The van der Waals surface area contributed by atoms with E-state index < -0.39 is 0 Å². The van der Waals surface area contributed by atoms with E-state index in [1.165, 1.54) is 22.5 Å². The molecular weight excluding hydrogens is 316 g/mol. The first-order valence-electron chi connectivity index (χ1n) is 7.69. The Kier molecular flexibility index (Phi) is 4.37. The van der Waals surface area contributed by atoms with Gasteiger partial charge < -0.3 is 4.57 Å². The molecule has 0 N–H and O–H groups in total. The van der Waals surface area contributed by atoms with Gasteiger partial charge >= 0.3 is 0 Å². The van der Waals surface area contributed by atoms with Crippen molar-refractivity contribution in [2.24, 2.45) is 4.99 Å². The van der Waals surface area contributed by atoms with Crippen LogP contribution in [0.4, 0.5) is 0 Å². The highest BCUT2D eigenvalue weighted by Gasteiger charge is 2.11. The minimum absolute atomic E-state index is 0.245. The van der Waals surface area contributed by atoms with Crippen molar-refractivity contribution in [1.29, 1.82) is 0 Å². The average molecular weight is 334 g/mol. The molecule has 0 bridgehead atoms. The maximum absolute atomic E-state index is 12.5. The summed E-state index contributed by atoms with van der Waals surface area (Å²) in [5.74, 6) is 2.42. The summed E-state index contributed by atoms with van der Waals surface area (Å²) in [5.41, 5.74) is 5.00. The number of fused-ring (bicyclic) bond motifs is 1. The number of hydrogen-bond donors (Lipinski definition) is 0. The molecule has 0 saturated heterocycles. The number of benzene rings is 2. The van der Waals surface area contributed by atoms with Crippen LogP contribution >= 0.6 is 11.3 Å². The zero-order valence-corrected chi connectivity index (χ0v) is 14.8. The van der Waals surface area contributed by atoms with Crippen LogP contribution in [0.2, 0.25) is 0 Å². The van der Waals surface area contributed by atoms with Gasteiger partial charge in [0.05, 0.1) is 16.8 Å². The van der Waals surface area contributed by atoms with Crippen LogP contribution in [0.3, 0.4) is 0 Å². The second-order valence-electron chi connectivity index (χ2n) is 5.89. The Balaban J connectivity index is 2.21. The highest BCUT2D eigenvalue weighted by Crippen LogP contribution is 2.23. The van der Waals surface area contributed by atoms with Crippen molar-refractivity contribution in [2.75, 3.05) is 0 Å². The summed E-state index contributed by atoms with van der Waals surface area (Å²) in [6, 6.07) is 11.7. The van der Waals surface area contributed by atoms with Crippen LogP contribution in [0.5, 0.6) is 0 Å². The number of aryl methyl sites for hydroxylation is 3. The quantitative estimate of drug-likeness (QED) is 0.652. The third kappa shape index (κ3) is 3.04. The molecule has 0 saturated carbocycles. The van der Waals surface area contributed by atoms with E-state index in [0.717, 1.165) is 15.8 Å². The molecule has 2 aromatic carbocycles. The fourth-order valence-corrected chi connectivity index (χ4v) is 3.85. The van der Waals surface area contributed by atoms with E-state index >= 15 is 0 Å². The second kappa shape index (κ2) is 6.46. The van der Waals surface area contributed by atoms with E-state index in [1.807, 2.05) is 29.7 Å². The number of carbonyl (C=O) groups excluding carboxylic acids is 1. The lowest BCUT2D eigenvalue weighted by molar-refractivity contribution is 0.0998. The summed E-state index contributed by atoms with van der Waals surface area (Å²) in [6.07, 6.45) is 5.52. The van der Waals surface area contributed by atoms with Gasteiger partial charge in [0.2, 0.25) is 0 Å². The topological polar surface area (TPSA) is 34.4 Å². The molecule has 3 aromatic rings. The number of terminal acetylenes is 1. The predicted octanol–water partition coefficient (Wildman–Crippen LogP) is 4.00. The fraction of sp³-hybridized carbons (Fsp3) is 0.200. The minimum Gasteiger partial charge on any atom is -0.305 e. The van der Waals surface area contributed by atoms with Gasteiger partial charge in [-0.2, -0.15) is 4.99 Å². The Hall–Kier alpha value is -2.64. The molecule has 0 unspecified atom stereocenters. The number of carbonyl (C=O) groups is 1. The van der Waals surface area contributed by atoms with Gasteiger partial charge in [-0.1, -0.05) is 41.0 Å². The summed E-state index contributed by atoms with van der Waals surface area (Å²) in [4.78, 5) is 17.5. The highest BCUT2D eigenvalue weighted by atomic mass is 32.1. The van der Waals surface area contributed by atoms with Crippen molar-refractivity contribution in [3.63, 3.8) is 0 Å². The number of hydrogen-bond acceptors (Lipinski definition) is 2. The Morgan fingerprint density at radius 1 is 1.21 bits per heavy atom. The molecule has 0 aliphatic heterocycles. The van der Waals surface area contributed by atoms with Gasteiger partial charge in [-0.25, -0.2) is 0 Å². The van der Waals surface area contributed by atoms with Crippen molar-refractivity contribution in [1.82, 2.24) is 4.57 Å². The largest absolute Gasteiger partial charge is 0.305 e. The molecule has 1 heterocycles. The molecular formula is C20H18N2OS. The van der Waals surface area contributed by atoms with E-state index in [1.54, 1.807) is 6.07 Å². The summed E-state index contributed by atoms with van der Waals surface area (Å²) in [6.45, 7) is 6.47. The smallest absolute Gasteiger partial charge is 0.279 e. The monoisotopic (exact) mass is 334 g/mol. The van der Waals surface area contributed by atoms with Gasteiger partial charge in [0.15, 0.2) is 4.80 Å². The molecule has 3 nitrogen and oxygen atoms in total. The van der Waals surface area contributed by atoms with Crippen LogP contribution < -0.4 is 4.80 Å². The highest BCUT2D eigenvalue weighted by molar-refractivity contribution is 7.16. The second-order valence-corrected chi connectivity index (χ2v) is 6.87. The molecule has 0 aliphatic rings. The van der Waals surface area contributed by atoms with Gasteiger partial charge in [-0.15, -0.1) is 6.42 Å². The van der Waals surface area contributed by atoms with E-state index in [2.05, 4.69) is 36.9 Å². The van der Waals surface area contributed by atoms with Crippen LogP contribution in [0.25, 0.3) is 10.2 Å². The predicted molar refractivity (Wildman–Crippen MR) is 99.2 cm³/mol. The summed E-state index contributed by atoms with van der Waals surface area (Å²) >= 11 is 1.51. The van der Waals surface area contributed by atoms with Gasteiger partial charge in [-0.05, 0) is 50.1 Å². The normalized spacial score (nSPS) is 11.7. The fourth-order valence-electron chi connectivity index (χ4n) is 2.77. The molecule has 24 heavy (non-hydrogen) atoms. The van der Waals surface area contributed by atoms with Gasteiger partial charge in [0.25, 0.3) is 5.91 Å². The average Bonchev–Trinajstić information content (AvgIpc) is 2.86. The Labute approximate surface area is 145 Å². The number of thiazole rings is 1. The first-order chi connectivity index (χ1) is 11.5. The number of amides is 1. The lowest BCUT2D eigenvalue weighted by Gasteiger charge is -2.03. The van der Waals surface area contributed by atoms with Gasteiger partial charge in [-0.3, -0.25) is 4.79 Å².